The molecule has 0 unspecified atom stereocenters. The van der Waals surface area contributed by atoms with Gasteiger partial charge in [0, 0.05) is 28.9 Å². The number of nitro benzene ring substituents is 1. The number of hydrogen-bond acceptors (Lipinski definition) is 5. The van der Waals surface area contributed by atoms with Gasteiger partial charge in [-0.15, -0.1) is 0 Å². The lowest BCUT2D eigenvalue weighted by molar-refractivity contribution is -0.384. The van der Waals surface area contributed by atoms with Crippen molar-refractivity contribution in [2.45, 2.75) is 25.8 Å². The van der Waals surface area contributed by atoms with E-state index in [0.717, 1.165) is 17.5 Å². The lowest BCUT2D eigenvalue weighted by Gasteiger charge is -2.36. The van der Waals surface area contributed by atoms with Crippen LogP contribution in [0.15, 0.2) is 54.1 Å². The van der Waals surface area contributed by atoms with Crippen LogP contribution in [0.1, 0.15) is 25.0 Å². The number of hydrogen-bond donors (Lipinski definition) is 2. The number of nitro groups is 1. The Balaban J connectivity index is 2.01. The van der Waals surface area contributed by atoms with Gasteiger partial charge in [-0.3, -0.25) is 14.9 Å². The summed E-state index contributed by atoms with van der Waals surface area (Å²) in [6.07, 6.45) is 0.762. The van der Waals surface area contributed by atoms with Crippen LogP contribution in [0.4, 0.5) is 11.4 Å². The second kappa shape index (κ2) is 6.92. The lowest BCUT2D eigenvalue weighted by atomic mass is 9.84. The van der Waals surface area contributed by atoms with Crippen LogP contribution >= 0.6 is 0 Å². The third kappa shape index (κ3) is 3.80. The van der Waals surface area contributed by atoms with Gasteiger partial charge in [-0.2, -0.15) is 5.26 Å². The molecule has 0 bridgehead atoms. The van der Waals surface area contributed by atoms with Crippen molar-refractivity contribution in [3.63, 3.8) is 0 Å². The molecular weight excluding hydrogens is 344 g/mol. The van der Waals surface area contributed by atoms with Gasteiger partial charge >= 0.3 is 0 Å². The van der Waals surface area contributed by atoms with E-state index in [0.29, 0.717) is 5.70 Å². The van der Waals surface area contributed by atoms with Crippen LogP contribution in [0.5, 0.6) is 0 Å². The van der Waals surface area contributed by atoms with Crippen LogP contribution in [0.25, 0.3) is 5.70 Å². The highest BCUT2D eigenvalue weighted by molar-refractivity contribution is 6.12. The van der Waals surface area contributed by atoms with E-state index in [-0.39, 0.29) is 22.5 Å². The van der Waals surface area contributed by atoms with Gasteiger partial charge in [0.05, 0.1) is 10.6 Å². The van der Waals surface area contributed by atoms with E-state index in [1.165, 1.54) is 24.3 Å². The Hall–Kier alpha value is -3.66. The number of nitriles is 1. The minimum atomic E-state index is -0.618. The predicted molar refractivity (Wildman–Crippen MR) is 102 cm³/mol. The Labute approximate surface area is 156 Å². The largest absolute Gasteiger partial charge is 0.378 e. The zero-order valence-electron chi connectivity index (χ0n) is 14.9. The van der Waals surface area contributed by atoms with E-state index in [1.807, 2.05) is 44.2 Å². The maximum absolute atomic E-state index is 12.7. The summed E-state index contributed by atoms with van der Waals surface area (Å²) in [5.74, 6) is -0.618. The Morgan fingerprint density at radius 1 is 1.26 bits per heavy atom. The summed E-state index contributed by atoms with van der Waals surface area (Å²) in [6.45, 7) is 3.99. The van der Waals surface area contributed by atoms with Gasteiger partial charge in [0.1, 0.15) is 11.6 Å². The zero-order chi connectivity index (χ0) is 19.6. The molecule has 0 saturated heterocycles. The Morgan fingerprint density at radius 3 is 2.70 bits per heavy atom. The molecule has 7 nitrogen and oxygen atoms in total. The fourth-order valence-electron chi connectivity index (χ4n) is 3.15. The topological polar surface area (TPSA) is 108 Å². The second-order valence-corrected chi connectivity index (χ2v) is 6.97. The fourth-order valence-corrected chi connectivity index (χ4v) is 3.15. The molecule has 1 aliphatic heterocycles. The van der Waals surface area contributed by atoms with Crippen LogP contribution in [0.2, 0.25) is 0 Å². The molecule has 0 spiro atoms. The number of fused-ring (bicyclic) bond motifs is 1. The molecule has 1 amide bonds. The van der Waals surface area contributed by atoms with E-state index in [1.54, 1.807) is 0 Å². The summed E-state index contributed by atoms with van der Waals surface area (Å²) in [5.41, 5.74) is 2.05. The van der Waals surface area contributed by atoms with Crippen LogP contribution in [-0.4, -0.2) is 16.4 Å². The van der Waals surface area contributed by atoms with E-state index in [2.05, 4.69) is 10.6 Å². The minimum Gasteiger partial charge on any atom is -0.378 e. The van der Waals surface area contributed by atoms with E-state index in [4.69, 9.17) is 0 Å². The SMILES string of the molecule is CC1(C)Cc2ccccc2/C(=C(\C#N)C(=O)Nc2cccc([N+](=O)[O-])c2)N1. The highest BCUT2D eigenvalue weighted by atomic mass is 16.6. The average Bonchev–Trinajstić information content (AvgIpc) is 2.61. The standard InChI is InChI=1S/C20H18N4O3/c1-20(2)11-13-6-3-4-9-16(13)18(23-20)17(12-21)19(25)22-14-7-5-8-15(10-14)24(26)27/h3-10,23H,11H2,1-2H3,(H,22,25)/b18-17-. The fraction of sp³-hybridized carbons (Fsp3) is 0.200. The molecule has 2 N–H and O–H groups in total. The molecule has 2 aromatic carbocycles. The van der Waals surface area contributed by atoms with Gasteiger partial charge in [0.25, 0.3) is 11.6 Å². The molecule has 0 radical (unpaired) electrons. The number of nitrogens with zero attached hydrogens (tertiary/aromatic N) is 2. The van der Waals surface area contributed by atoms with E-state index in [9.17, 15) is 20.2 Å². The molecule has 27 heavy (non-hydrogen) atoms. The highest BCUT2D eigenvalue weighted by Gasteiger charge is 2.31. The normalized spacial score (nSPS) is 16.3. The van der Waals surface area contributed by atoms with Crippen molar-refractivity contribution in [1.82, 2.24) is 5.32 Å². The molecule has 0 atom stereocenters. The molecular formula is C20H18N4O3. The van der Waals surface area contributed by atoms with Gasteiger partial charge in [0.2, 0.25) is 0 Å². The number of carbonyl (C=O) groups excluding carboxylic acids is 1. The summed E-state index contributed by atoms with van der Waals surface area (Å²) in [7, 11) is 0. The van der Waals surface area contributed by atoms with Crippen molar-refractivity contribution < 1.29 is 9.72 Å². The summed E-state index contributed by atoms with van der Waals surface area (Å²) >= 11 is 0. The zero-order valence-corrected chi connectivity index (χ0v) is 14.9. The van der Waals surface area contributed by atoms with Gasteiger partial charge in [-0.25, -0.2) is 0 Å². The maximum atomic E-state index is 12.7. The van der Waals surface area contributed by atoms with Crippen LogP contribution in [0.3, 0.4) is 0 Å². The number of rotatable bonds is 3. The number of amides is 1. The van der Waals surface area contributed by atoms with Crippen molar-refractivity contribution >= 4 is 23.0 Å². The summed E-state index contributed by atoms with van der Waals surface area (Å²) < 4.78 is 0. The molecule has 3 rings (SSSR count). The Bertz CT molecular complexity index is 1000. The summed E-state index contributed by atoms with van der Waals surface area (Å²) in [6, 6.07) is 15.2. The van der Waals surface area contributed by atoms with Crippen molar-refractivity contribution in [2.75, 3.05) is 5.32 Å². The molecule has 0 saturated carbocycles. The van der Waals surface area contributed by atoms with E-state index < -0.39 is 10.8 Å². The molecule has 0 aliphatic carbocycles. The van der Waals surface area contributed by atoms with Gasteiger partial charge in [-0.1, -0.05) is 30.3 Å². The van der Waals surface area contributed by atoms with Crippen molar-refractivity contribution in [3.05, 3.63) is 75.3 Å². The molecule has 136 valence electrons. The summed E-state index contributed by atoms with van der Waals surface area (Å²) in [5, 5.41) is 26.4. The quantitative estimate of drug-likeness (QED) is 0.376. The first-order chi connectivity index (χ1) is 12.8. The first kappa shape index (κ1) is 18.1. The number of anilines is 1. The van der Waals surface area contributed by atoms with Gasteiger partial charge < -0.3 is 10.6 Å². The summed E-state index contributed by atoms with van der Waals surface area (Å²) in [4.78, 5) is 23.1. The number of nitrogens with one attached hydrogen (secondary N) is 2. The number of non-ortho nitro benzene ring substituents is 1. The predicted octanol–water partition coefficient (Wildman–Crippen LogP) is 3.39. The van der Waals surface area contributed by atoms with Gasteiger partial charge in [-0.05, 0) is 31.9 Å². The monoisotopic (exact) mass is 362 g/mol. The van der Waals surface area contributed by atoms with Crippen molar-refractivity contribution in [3.8, 4) is 6.07 Å². The number of carbonyl (C=O) groups is 1. The Morgan fingerprint density at radius 2 is 2.00 bits per heavy atom. The Kier molecular flexibility index (Phi) is 4.65. The minimum absolute atomic E-state index is 0.0678. The van der Waals surface area contributed by atoms with Crippen LogP contribution in [0, 0.1) is 21.4 Å². The third-order valence-electron chi connectivity index (χ3n) is 4.29. The second-order valence-electron chi connectivity index (χ2n) is 6.97. The van der Waals surface area contributed by atoms with Crippen molar-refractivity contribution in [2.24, 2.45) is 0 Å². The first-order valence-corrected chi connectivity index (χ1v) is 8.37. The molecule has 2 aromatic rings. The molecule has 0 aromatic heterocycles. The number of benzene rings is 2. The van der Waals surface area contributed by atoms with E-state index >= 15 is 0 Å². The maximum Gasteiger partial charge on any atom is 0.271 e. The average molecular weight is 362 g/mol. The van der Waals surface area contributed by atoms with Gasteiger partial charge in [0.15, 0.2) is 0 Å². The molecule has 1 aliphatic rings. The molecule has 7 heteroatoms. The first-order valence-electron chi connectivity index (χ1n) is 8.37. The molecule has 1 heterocycles. The molecule has 0 fully saturated rings. The smallest absolute Gasteiger partial charge is 0.271 e. The van der Waals surface area contributed by atoms with Crippen molar-refractivity contribution in [1.29, 1.82) is 5.26 Å². The van der Waals surface area contributed by atoms with Crippen LogP contribution in [-0.2, 0) is 11.2 Å². The third-order valence-corrected chi connectivity index (χ3v) is 4.29. The lowest BCUT2D eigenvalue weighted by Crippen LogP contribution is -2.44. The highest BCUT2D eigenvalue weighted by Crippen LogP contribution is 2.31. The van der Waals surface area contributed by atoms with Crippen LogP contribution < -0.4 is 10.6 Å².